The van der Waals surface area contributed by atoms with Crippen LogP contribution in [-0.2, 0) is 0 Å². The molecule has 248 valence electrons. The summed E-state index contributed by atoms with van der Waals surface area (Å²) in [5, 5.41) is 0. The van der Waals surface area contributed by atoms with E-state index in [4.69, 9.17) is 0 Å². The molecule has 0 spiro atoms. The average molecular weight is 667 g/mol. The van der Waals surface area contributed by atoms with Crippen molar-refractivity contribution in [3.05, 3.63) is 64.1 Å². The Morgan fingerprint density at radius 1 is 0.477 bits per heavy atom. The van der Waals surface area contributed by atoms with Crippen LogP contribution in [0.3, 0.4) is 0 Å². The van der Waals surface area contributed by atoms with Gasteiger partial charge >= 0.3 is 0 Å². The second kappa shape index (κ2) is 25.6. The standard InChI is InChI=1S/C42H68BrN/c1-5-9-13-17-21-39(22-18-14-10-6-2)35-44(36-40(23-19-15-11-7-3)24-20-16-12-8-4)42-33-29-38(30-34-42)26-25-37-27-31-41(43)32-28-37/h25-34,39-40H,5-24,35-36H2,1-4H3/b26-25+. The summed E-state index contributed by atoms with van der Waals surface area (Å²) in [6.07, 6.45) is 32.1. The molecule has 2 rings (SSSR count). The van der Waals surface area contributed by atoms with E-state index >= 15 is 0 Å². The zero-order chi connectivity index (χ0) is 31.7. The fourth-order valence-corrected chi connectivity index (χ4v) is 6.83. The lowest BCUT2D eigenvalue weighted by atomic mass is 9.91. The highest BCUT2D eigenvalue weighted by atomic mass is 79.9. The predicted molar refractivity (Wildman–Crippen MR) is 204 cm³/mol. The van der Waals surface area contributed by atoms with Gasteiger partial charge in [0.05, 0.1) is 0 Å². The molecule has 1 nitrogen and oxygen atoms in total. The first-order chi connectivity index (χ1) is 21.6. The van der Waals surface area contributed by atoms with E-state index in [0.29, 0.717) is 0 Å². The molecule has 0 aromatic heterocycles. The van der Waals surface area contributed by atoms with Gasteiger partial charge in [0.25, 0.3) is 0 Å². The molecule has 0 atom stereocenters. The zero-order valence-electron chi connectivity index (χ0n) is 29.3. The summed E-state index contributed by atoms with van der Waals surface area (Å²) in [5.41, 5.74) is 3.95. The highest BCUT2D eigenvalue weighted by Gasteiger charge is 2.19. The highest BCUT2D eigenvalue weighted by molar-refractivity contribution is 9.10. The second-order valence-electron chi connectivity index (χ2n) is 13.5. The Morgan fingerprint density at radius 3 is 1.16 bits per heavy atom. The number of halogens is 1. The van der Waals surface area contributed by atoms with Crippen molar-refractivity contribution in [2.45, 2.75) is 156 Å². The maximum absolute atomic E-state index is 3.55. The third-order valence-corrected chi connectivity index (χ3v) is 9.95. The summed E-state index contributed by atoms with van der Waals surface area (Å²) >= 11 is 3.55. The topological polar surface area (TPSA) is 3.24 Å². The van der Waals surface area contributed by atoms with E-state index in [1.807, 2.05) is 0 Å². The van der Waals surface area contributed by atoms with Gasteiger partial charge in [0, 0.05) is 23.2 Å². The van der Waals surface area contributed by atoms with Crippen molar-refractivity contribution in [1.29, 1.82) is 0 Å². The Morgan fingerprint density at radius 2 is 0.818 bits per heavy atom. The molecule has 0 aliphatic carbocycles. The van der Waals surface area contributed by atoms with Crippen molar-refractivity contribution in [2.24, 2.45) is 11.8 Å². The van der Waals surface area contributed by atoms with Crippen molar-refractivity contribution >= 4 is 33.8 Å². The lowest BCUT2D eigenvalue weighted by Crippen LogP contribution is -2.34. The minimum Gasteiger partial charge on any atom is -0.371 e. The molecule has 0 N–H and O–H groups in total. The van der Waals surface area contributed by atoms with E-state index in [2.05, 4.69) is 109 Å². The lowest BCUT2D eigenvalue weighted by molar-refractivity contribution is 0.368. The van der Waals surface area contributed by atoms with Crippen LogP contribution >= 0.6 is 15.9 Å². The van der Waals surface area contributed by atoms with E-state index in [0.717, 1.165) is 16.3 Å². The van der Waals surface area contributed by atoms with Crippen LogP contribution in [-0.4, -0.2) is 13.1 Å². The normalized spacial score (nSPS) is 11.8. The summed E-state index contributed by atoms with van der Waals surface area (Å²) in [6, 6.07) is 18.1. The quantitative estimate of drug-likeness (QED) is 0.0677. The van der Waals surface area contributed by atoms with Crippen LogP contribution in [0.2, 0.25) is 0 Å². The van der Waals surface area contributed by atoms with Gasteiger partial charge in [0.1, 0.15) is 0 Å². The number of benzene rings is 2. The largest absolute Gasteiger partial charge is 0.371 e. The Bertz CT molecular complexity index is 893. The Kier molecular flexibility index (Phi) is 22.5. The van der Waals surface area contributed by atoms with Crippen LogP contribution in [0.15, 0.2) is 53.0 Å². The molecule has 2 heteroatoms. The number of hydrogen-bond acceptors (Lipinski definition) is 1. The summed E-state index contributed by atoms with van der Waals surface area (Å²) in [7, 11) is 0. The SMILES string of the molecule is CCCCCCC(CCCCCC)CN(CC(CCCCCC)CCCCCC)c1ccc(/C=C/c2ccc(Br)cc2)cc1. The van der Waals surface area contributed by atoms with Crippen molar-refractivity contribution < 1.29 is 0 Å². The Labute approximate surface area is 282 Å². The van der Waals surface area contributed by atoms with Crippen LogP contribution in [0, 0.1) is 11.8 Å². The molecule has 44 heavy (non-hydrogen) atoms. The molecule has 0 aliphatic rings. The third kappa shape index (κ3) is 17.8. The number of nitrogens with zero attached hydrogens (tertiary/aromatic N) is 1. The first-order valence-corrected chi connectivity index (χ1v) is 19.7. The minimum atomic E-state index is 0.807. The molecule has 0 fully saturated rings. The molecular formula is C42H68BrN. The maximum Gasteiger partial charge on any atom is 0.0366 e. The summed E-state index contributed by atoms with van der Waals surface area (Å²) in [4.78, 5) is 2.83. The fourth-order valence-electron chi connectivity index (χ4n) is 6.56. The van der Waals surface area contributed by atoms with Crippen molar-refractivity contribution in [2.75, 3.05) is 18.0 Å². The first-order valence-electron chi connectivity index (χ1n) is 18.9. The van der Waals surface area contributed by atoms with Gasteiger partial charge in [-0.25, -0.2) is 0 Å². The Hall–Kier alpha value is -1.54. The van der Waals surface area contributed by atoms with E-state index in [-0.39, 0.29) is 0 Å². The van der Waals surface area contributed by atoms with Crippen LogP contribution in [0.5, 0.6) is 0 Å². The lowest BCUT2D eigenvalue weighted by Gasteiger charge is -2.33. The zero-order valence-corrected chi connectivity index (χ0v) is 30.9. The average Bonchev–Trinajstić information content (AvgIpc) is 3.04. The van der Waals surface area contributed by atoms with Gasteiger partial charge in [-0.15, -0.1) is 0 Å². The van der Waals surface area contributed by atoms with E-state index < -0.39 is 0 Å². The molecule has 0 bridgehead atoms. The maximum atomic E-state index is 3.55. The molecular weight excluding hydrogens is 598 g/mol. The number of anilines is 1. The summed E-state index contributed by atoms with van der Waals surface area (Å²) in [6.45, 7) is 11.8. The monoisotopic (exact) mass is 665 g/mol. The predicted octanol–water partition coefficient (Wildman–Crippen LogP) is 14.5. The molecule has 2 aromatic rings. The van der Waals surface area contributed by atoms with Gasteiger partial charge in [-0.1, -0.05) is 183 Å². The van der Waals surface area contributed by atoms with Crippen molar-refractivity contribution in [3.8, 4) is 0 Å². The van der Waals surface area contributed by atoms with Gasteiger partial charge in [-0.2, -0.15) is 0 Å². The number of unbranched alkanes of at least 4 members (excludes halogenated alkanes) is 12. The number of hydrogen-bond donors (Lipinski definition) is 0. The van der Waals surface area contributed by atoms with Crippen LogP contribution in [0.4, 0.5) is 5.69 Å². The summed E-state index contributed by atoms with van der Waals surface area (Å²) in [5.74, 6) is 1.61. The van der Waals surface area contributed by atoms with E-state index in [9.17, 15) is 0 Å². The smallest absolute Gasteiger partial charge is 0.0366 e. The second-order valence-corrected chi connectivity index (χ2v) is 14.4. The molecule has 0 radical (unpaired) electrons. The highest BCUT2D eigenvalue weighted by Crippen LogP contribution is 2.28. The molecule has 0 saturated carbocycles. The molecule has 0 heterocycles. The van der Waals surface area contributed by atoms with Crippen LogP contribution < -0.4 is 4.90 Å². The van der Waals surface area contributed by atoms with Crippen LogP contribution in [0.1, 0.15) is 167 Å². The number of rotatable bonds is 27. The minimum absolute atomic E-state index is 0.807. The van der Waals surface area contributed by atoms with Crippen LogP contribution in [0.25, 0.3) is 12.2 Å². The molecule has 2 aromatic carbocycles. The Balaban J connectivity index is 2.23. The van der Waals surface area contributed by atoms with Gasteiger partial charge < -0.3 is 4.90 Å². The first kappa shape index (κ1) is 38.6. The van der Waals surface area contributed by atoms with Crippen molar-refractivity contribution in [1.82, 2.24) is 0 Å². The fraction of sp³-hybridized carbons (Fsp3) is 0.667. The molecule has 0 amide bonds. The van der Waals surface area contributed by atoms with Gasteiger partial charge in [0.2, 0.25) is 0 Å². The molecule has 0 aliphatic heterocycles. The summed E-state index contributed by atoms with van der Waals surface area (Å²) < 4.78 is 1.13. The van der Waals surface area contributed by atoms with Gasteiger partial charge in [-0.05, 0) is 72.9 Å². The molecule has 0 saturated heterocycles. The van der Waals surface area contributed by atoms with Gasteiger partial charge in [0.15, 0.2) is 0 Å². The third-order valence-electron chi connectivity index (χ3n) is 9.42. The van der Waals surface area contributed by atoms with Crippen molar-refractivity contribution in [3.63, 3.8) is 0 Å². The van der Waals surface area contributed by atoms with E-state index in [1.165, 1.54) is 158 Å². The van der Waals surface area contributed by atoms with E-state index in [1.54, 1.807) is 0 Å². The molecule has 0 unspecified atom stereocenters. The van der Waals surface area contributed by atoms with Gasteiger partial charge in [-0.3, -0.25) is 0 Å².